The predicted octanol–water partition coefficient (Wildman–Crippen LogP) is 3.43. The van der Waals surface area contributed by atoms with Crippen LogP contribution in [0.4, 0.5) is 10.5 Å². The quantitative estimate of drug-likeness (QED) is 0.683. The normalized spacial score (nSPS) is 11.2. The molecule has 140 valence electrons. The maximum absolute atomic E-state index is 11.7. The van der Waals surface area contributed by atoms with E-state index < -0.39 is 17.7 Å². The van der Waals surface area contributed by atoms with Crippen molar-refractivity contribution in [1.82, 2.24) is 10.3 Å². The molecule has 0 aliphatic heterocycles. The van der Waals surface area contributed by atoms with Gasteiger partial charge in [-0.2, -0.15) is 0 Å². The molecule has 0 radical (unpaired) electrons. The summed E-state index contributed by atoms with van der Waals surface area (Å²) in [6.45, 7) is 5.86. The van der Waals surface area contributed by atoms with Gasteiger partial charge in [0, 0.05) is 19.0 Å². The monoisotopic (exact) mass is 359 g/mol. The van der Waals surface area contributed by atoms with E-state index in [9.17, 15) is 14.7 Å². The van der Waals surface area contributed by atoms with E-state index in [1.807, 2.05) is 39.0 Å². The average Bonchev–Trinajstić information content (AvgIpc) is 2.56. The van der Waals surface area contributed by atoms with Crippen LogP contribution in [0.2, 0.25) is 0 Å². The fraction of sp³-hybridized carbons (Fsp3) is 0.421. The number of nitrogens with one attached hydrogen (secondary N) is 2. The van der Waals surface area contributed by atoms with Crippen molar-refractivity contribution >= 4 is 28.7 Å². The first-order valence-corrected chi connectivity index (χ1v) is 8.52. The number of nitrogens with zero attached hydrogens (tertiary/aromatic N) is 1. The van der Waals surface area contributed by atoms with Crippen LogP contribution in [-0.2, 0) is 11.2 Å². The predicted molar refractivity (Wildman–Crippen MR) is 101 cm³/mol. The Hall–Kier alpha value is -2.83. The number of carbonyl (C=O) groups is 2. The Kier molecular flexibility index (Phi) is 6.02. The molecule has 0 fully saturated rings. The van der Waals surface area contributed by atoms with E-state index in [4.69, 9.17) is 4.74 Å². The minimum absolute atomic E-state index is 0.00954. The number of benzene rings is 1. The van der Waals surface area contributed by atoms with Gasteiger partial charge in [0.25, 0.3) is 0 Å². The number of carboxylic acids is 1. The summed E-state index contributed by atoms with van der Waals surface area (Å²) in [5.74, 6) is -1.06. The molecule has 3 N–H and O–H groups in total. The van der Waals surface area contributed by atoms with Crippen LogP contribution in [0.25, 0.3) is 10.9 Å². The van der Waals surface area contributed by atoms with Crippen molar-refractivity contribution < 1.29 is 19.4 Å². The number of carbonyl (C=O) groups excluding carboxylic acids is 1. The molecule has 2 aromatic rings. The van der Waals surface area contributed by atoms with Gasteiger partial charge in [-0.3, -0.25) is 0 Å². The third-order valence-corrected chi connectivity index (χ3v) is 3.70. The highest BCUT2D eigenvalue weighted by Gasteiger charge is 2.16. The van der Waals surface area contributed by atoms with Gasteiger partial charge in [-0.25, -0.2) is 14.6 Å². The highest BCUT2D eigenvalue weighted by molar-refractivity contribution is 5.96. The first kappa shape index (κ1) is 19.5. The standard InChI is InChI=1S/C19H25N3O4/c1-19(2,3)26-18(25)21-10-6-7-12-11-15(17(23)24)22-16-13(12)8-5-9-14(16)20-4/h5,8-9,11,20H,6-7,10H2,1-4H3,(H,21,25)(H,23,24). The summed E-state index contributed by atoms with van der Waals surface area (Å²) in [5, 5.41) is 16.0. The molecule has 0 saturated heterocycles. The largest absolute Gasteiger partial charge is 0.477 e. The number of aromatic carboxylic acids is 1. The fourth-order valence-electron chi connectivity index (χ4n) is 2.62. The summed E-state index contributed by atoms with van der Waals surface area (Å²) in [7, 11) is 1.77. The van der Waals surface area contributed by atoms with Crippen molar-refractivity contribution in [3.05, 3.63) is 35.5 Å². The van der Waals surface area contributed by atoms with Gasteiger partial charge in [-0.15, -0.1) is 0 Å². The highest BCUT2D eigenvalue weighted by atomic mass is 16.6. The Balaban J connectivity index is 2.13. The Labute approximate surface area is 152 Å². The zero-order valence-corrected chi connectivity index (χ0v) is 15.5. The second-order valence-electron chi connectivity index (χ2n) is 6.96. The molecule has 0 atom stereocenters. The number of hydrogen-bond acceptors (Lipinski definition) is 5. The molecule has 26 heavy (non-hydrogen) atoms. The lowest BCUT2D eigenvalue weighted by atomic mass is 10.0. The zero-order chi connectivity index (χ0) is 19.3. The molecule has 0 aliphatic rings. The van der Waals surface area contributed by atoms with Gasteiger partial charge in [-0.1, -0.05) is 12.1 Å². The number of carboxylic acid groups (broad SMARTS) is 1. The molecule has 1 aromatic carbocycles. The minimum Gasteiger partial charge on any atom is -0.477 e. The van der Waals surface area contributed by atoms with Crippen molar-refractivity contribution in [3.8, 4) is 0 Å². The SMILES string of the molecule is CNc1cccc2c(CCCNC(=O)OC(C)(C)C)cc(C(=O)O)nc12. The van der Waals surface area contributed by atoms with Gasteiger partial charge in [0.15, 0.2) is 0 Å². The van der Waals surface area contributed by atoms with E-state index in [1.54, 1.807) is 13.1 Å². The summed E-state index contributed by atoms with van der Waals surface area (Å²) in [4.78, 5) is 27.3. The number of pyridine rings is 1. The van der Waals surface area contributed by atoms with Gasteiger partial charge in [0.2, 0.25) is 0 Å². The first-order valence-electron chi connectivity index (χ1n) is 8.52. The van der Waals surface area contributed by atoms with Crippen molar-refractivity contribution in [1.29, 1.82) is 0 Å². The summed E-state index contributed by atoms with van der Waals surface area (Å²) in [6.07, 6.45) is 0.810. The lowest BCUT2D eigenvalue weighted by molar-refractivity contribution is 0.0526. The molecule has 0 bridgehead atoms. The third kappa shape index (κ3) is 5.08. The molecule has 1 amide bonds. The number of aromatic nitrogens is 1. The number of hydrogen-bond donors (Lipinski definition) is 3. The second kappa shape index (κ2) is 8.03. The molecule has 7 heteroatoms. The van der Waals surface area contributed by atoms with E-state index in [1.165, 1.54) is 0 Å². The first-order chi connectivity index (χ1) is 12.2. The lowest BCUT2D eigenvalue weighted by Gasteiger charge is -2.19. The molecule has 0 unspecified atom stereocenters. The topological polar surface area (TPSA) is 101 Å². The van der Waals surface area contributed by atoms with Crippen LogP contribution in [0.1, 0.15) is 43.2 Å². The molecular formula is C19H25N3O4. The second-order valence-corrected chi connectivity index (χ2v) is 6.96. The number of amides is 1. The van der Waals surface area contributed by atoms with Gasteiger partial charge in [-0.05, 0) is 51.3 Å². The number of aryl methyl sites for hydroxylation is 1. The van der Waals surface area contributed by atoms with E-state index in [2.05, 4.69) is 15.6 Å². The summed E-state index contributed by atoms with van der Waals surface area (Å²) in [5.41, 5.74) is 1.76. The van der Waals surface area contributed by atoms with Gasteiger partial charge >= 0.3 is 12.1 Å². The molecule has 0 saturated carbocycles. The van der Waals surface area contributed by atoms with E-state index >= 15 is 0 Å². The van der Waals surface area contributed by atoms with Gasteiger partial charge in [0.05, 0.1) is 11.2 Å². The summed E-state index contributed by atoms with van der Waals surface area (Å²) in [6, 6.07) is 7.27. The van der Waals surface area contributed by atoms with Crippen LogP contribution in [0.3, 0.4) is 0 Å². The average molecular weight is 359 g/mol. The molecule has 0 aliphatic carbocycles. The third-order valence-electron chi connectivity index (χ3n) is 3.70. The van der Waals surface area contributed by atoms with Crippen molar-refractivity contribution in [3.63, 3.8) is 0 Å². The lowest BCUT2D eigenvalue weighted by Crippen LogP contribution is -2.33. The number of fused-ring (bicyclic) bond motifs is 1. The highest BCUT2D eigenvalue weighted by Crippen LogP contribution is 2.26. The Morgan fingerprint density at radius 3 is 2.62 bits per heavy atom. The van der Waals surface area contributed by atoms with Crippen LogP contribution in [0.5, 0.6) is 0 Å². The van der Waals surface area contributed by atoms with Crippen LogP contribution >= 0.6 is 0 Å². The number of rotatable bonds is 6. The van der Waals surface area contributed by atoms with Gasteiger partial charge in [0.1, 0.15) is 11.3 Å². The maximum atomic E-state index is 11.7. The van der Waals surface area contributed by atoms with Crippen LogP contribution in [0, 0.1) is 0 Å². The van der Waals surface area contributed by atoms with Crippen LogP contribution in [-0.4, -0.2) is 41.3 Å². The Morgan fingerprint density at radius 2 is 2.00 bits per heavy atom. The molecule has 0 spiro atoms. The van der Waals surface area contributed by atoms with E-state index in [-0.39, 0.29) is 5.69 Å². The Morgan fingerprint density at radius 1 is 1.27 bits per heavy atom. The molecular weight excluding hydrogens is 334 g/mol. The van der Waals surface area contributed by atoms with Crippen LogP contribution in [0.15, 0.2) is 24.3 Å². The number of ether oxygens (including phenoxy) is 1. The number of para-hydroxylation sites is 1. The zero-order valence-electron chi connectivity index (χ0n) is 15.5. The number of alkyl carbamates (subject to hydrolysis) is 1. The van der Waals surface area contributed by atoms with Crippen molar-refractivity contribution in [2.45, 2.75) is 39.2 Å². The maximum Gasteiger partial charge on any atom is 0.407 e. The summed E-state index contributed by atoms with van der Waals surface area (Å²) < 4.78 is 5.20. The molecule has 2 rings (SSSR count). The van der Waals surface area contributed by atoms with Crippen molar-refractivity contribution in [2.24, 2.45) is 0 Å². The van der Waals surface area contributed by atoms with E-state index in [0.717, 1.165) is 16.6 Å². The Bertz CT molecular complexity index is 812. The fourth-order valence-corrected chi connectivity index (χ4v) is 2.62. The molecule has 1 aromatic heterocycles. The molecule has 7 nitrogen and oxygen atoms in total. The van der Waals surface area contributed by atoms with E-state index in [0.29, 0.717) is 24.9 Å². The minimum atomic E-state index is -1.06. The van der Waals surface area contributed by atoms with Gasteiger partial charge < -0.3 is 20.5 Å². The smallest absolute Gasteiger partial charge is 0.407 e. The molecule has 1 heterocycles. The van der Waals surface area contributed by atoms with Crippen LogP contribution < -0.4 is 10.6 Å². The number of anilines is 1. The summed E-state index contributed by atoms with van der Waals surface area (Å²) >= 11 is 0. The van der Waals surface area contributed by atoms with Crippen molar-refractivity contribution in [2.75, 3.05) is 18.9 Å².